The topological polar surface area (TPSA) is 62.7 Å². The quantitative estimate of drug-likeness (QED) is 0.859. The third-order valence-electron chi connectivity index (χ3n) is 2.53. The van der Waals surface area contributed by atoms with Crippen LogP contribution in [0, 0.1) is 11.3 Å². The predicted molar refractivity (Wildman–Crippen MR) is 63.8 cm³/mol. The Morgan fingerprint density at radius 1 is 1.11 bits per heavy atom. The van der Waals surface area contributed by atoms with Crippen LogP contribution in [0.4, 0.5) is 18.9 Å². The third kappa shape index (κ3) is 2.50. The molecule has 2 N–H and O–H groups in total. The maximum Gasteiger partial charge on any atom is 0.417 e. The van der Waals surface area contributed by atoms with Gasteiger partial charge in [0.05, 0.1) is 16.9 Å². The Balaban J connectivity index is 2.70. The van der Waals surface area contributed by atoms with E-state index in [4.69, 9.17) is 11.0 Å². The number of anilines is 1. The van der Waals surface area contributed by atoms with E-state index in [9.17, 15) is 13.2 Å². The minimum atomic E-state index is -4.51. The lowest BCUT2D eigenvalue weighted by Gasteiger charge is -2.13. The van der Waals surface area contributed by atoms with Crippen LogP contribution in [0.2, 0.25) is 0 Å². The molecule has 1 aromatic heterocycles. The highest BCUT2D eigenvalue weighted by molar-refractivity contribution is 5.75. The molecule has 2 rings (SSSR count). The molecule has 0 unspecified atom stereocenters. The number of nitrogens with zero attached hydrogens (tertiary/aromatic N) is 2. The number of benzene rings is 1. The second kappa shape index (κ2) is 4.61. The number of pyridine rings is 1. The molecule has 0 fully saturated rings. The van der Waals surface area contributed by atoms with Crippen LogP contribution in [-0.4, -0.2) is 4.98 Å². The zero-order chi connectivity index (χ0) is 14.0. The SMILES string of the molecule is N#Cc1ccc(N)c(-c2ccccc2C(F)(F)F)n1. The van der Waals surface area contributed by atoms with E-state index in [1.165, 1.54) is 30.3 Å². The van der Waals surface area contributed by atoms with Crippen LogP contribution in [0.25, 0.3) is 11.3 Å². The Morgan fingerprint density at radius 2 is 1.79 bits per heavy atom. The molecule has 0 aliphatic heterocycles. The number of rotatable bonds is 1. The number of nitrogens with two attached hydrogens (primary N) is 1. The van der Waals surface area contributed by atoms with Crippen LogP contribution in [0.5, 0.6) is 0 Å². The molecule has 0 aliphatic carbocycles. The van der Waals surface area contributed by atoms with Gasteiger partial charge < -0.3 is 5.73 Å². The van der Waals surface area contributed by atoms with Crippen molar-refractivity contribution in [2.45, 2.75) is 6.18 Å². The average molecular weight is 263 g/mol. The number of hydrogen-bond donors (Lipinski definition) is 1. The molecule has 0 saturated carbocycles. The standard InChI is InChI=1S/C13H8F3N3/c14-13(15,16)10-4-2-1-3-9(10)12-11(18)6-5-8(7-17)19-12/h1-6H,18H2. The van der Waals surface area contributed by atoms with Crippen molar-refractivity contribution in [1.29, 1.82) is 5.26 Å². The highest BCUT2D eigenvalue weighted by atomic mass is 19.4. The molecule has 1 heterocycles. The molecule has 0 atom stereocenters. The summed E-state index contributed by atoms with van der Waals surface area (Å²) in [5.41, 5.74) is 4.76. The third-order valence-corrected chi connectivity index (χ3v) is 2.53. The molecule has 0 spiro atoms. The van der Waals surface area contributed by atoms with E-state index in [0.717, 1.165) is 6.07 Å². The molecule has 2 aromatic rings. The van der Waals surface area contributed by atoms with Crippen LogP contribution in [-0.2, 0) is 6.18 Å². The summed E-state index contributed by atoms with van der Waals surface area (Å²) in [5.74, 6) is 0. The monoisotopic (exact) mass is 263 g/mol. The summed E-state index contributed by atoms with van der Waals surface area (Å²) in [6.45, 7) is 0. The van der Waals surface area contributed by atoms with Gasteiger partial charge in [-0.1, -0.05) is 18.2 Å². The highest BCUT2D eigenvalue weighted by Gasteiger charge is 2.34. The summed E-state index contributed by atoms with van der Waals surface area (Å²) in [6.07, 6.45) is -4.51. The van der Waals surface area contributed by atoms with Crippen LogP contribution in [0.3, 0.4) is 0 Å². The van der Waals surface area contributed by atoms with Crippen LogP contribution in [0.15, 0.2) is 36.4 Å². The number of nitrogen functional groups attached to an aromatic ring is 1. The zero-order valence-electron chi connectivity index (χ0n) is 9.57. The first-order valence-corrected chi connectivity index (χ1v) is 5.26. The van der Waals surface area contributed by atoms with Gasteiger partial charge in [-0.3, -0.25) is 0 Å². The molecule has 1 aromatic carbocycles. The van der Waals surface area contributed by atoms with Crippen molar-refractivity contribution in [3.8, 4) is 17.3 Å². The van der Waals surface area contributed by atoms with E-state index in [-0.39, 0.29) is 22.6 Å². The van der Waals surface area contributed by atoms with Gasteiger partial charge in [-0.05, 0) is 18.2 Å². The van der Waals surface area contributed by atoms with E-state index in [1.54, 1.807) is 6.07 Å². The van der Waals surface area contributed by atoms with E-state index < -0.39 is 11.7 Å². The number of alkyl halides is 3. The van der Waals surface area contributed by atoms with Gasteiger partial charge in [-0.15, -0.1) is 0 Å². The molecule has 0 bridgehead atoms. The van der Waals surface area contributed by atoms with Crippen LogP contribution >= 0.6 is 0 Å². The Bertz CT molecular complexity index is 657. The van der Waals surface area contributed by atoms with E-state index >= 15 is 0 Å². The van der Waals surface area contributed by atoms with Gasteiger partial charge in [0, 0.05) is 5.56 Å². The maximum atomic E-state index is 12.9. The lowest BCUT2D eigenvalue weighted by Crippen LogP contribution is -2.08. The van der Waals surface area contributed by atoms with Gasteiger partial charge in [0.25, 0.3) is 0 Å². The van der Waals surface area contributed by atoms with Gasteiger partial charge in [0.15, 0.2) is 0 Å². The fourth-order valence-corrected chi connectivity index (χ4v) is 1.68. The predicted octanol–water partition coefficient (Wildman–Crippen LogP) is 3.22. The maximum absolute atomic E-state index is 12.9. The smallest absolute Gasteiger partial charge is 0.397 e. The normalized spacial score (nSPS) is 11.1. The minimum Gasteiger partial charge on any atom is -0.397 e. The van der Waals surface area contributed by atoms with Crippen molar-refractivity contribution in [3.05, 3.63) is 47.7 Å². The van der Waals surface area contributed by atoms with Crippen molar-refractivity contribution in [2.75, 3.05) is 5.73 Å². The van der Waals surface area contributed by atoms with Crippen molar-refractivity contribution in [1.82, 2.24) is 4.98 Å². The van der Waals surface area contributed by atoms with Gasteiger partial charge in [-0.25, -0.2) is 4.98 Å². The molecule has 0 saturated heterocycles. The lowest BCUT2D eigenvalue weighted by atomic mass is 10.0. The first kappa shape index (κ1) is 12.9. The first-order valence-electron chi connectivity index (χ1n) is 5.26. The molecule has 0 aliphatic rings. The van der Waals surface area contributed by atoms with Crippen molar-refractivity contribution < 1.29 is 13.2 Å². The first-order chi connectivity index (χ1) is 8.93. The number of nitriles is 1. The van der Waals surface area contributed by atoms with E-state index in [2.05, 4.69) is 4.98 Å². The summed E-state index contributed by atoms with van der Waals surface area (Å²) < 4.78 is 38.7. The average Bonchev–Trinajstić information content (AvgIpc) is 2.38. The molecule has 96 valence electrons. The van der Waals surface area contributed by atoms with Crippen molar-refractivity contribution in [3.63, 3.8) is 0 Å². The van der Waals surface area contributed by atoms with E-state index in [1.807, 2.05) is 0 Å². The Labute approximate surface area is 107 Å². The molecule has 3 nitrogen and oxygen atoms in total. The molecular weight excluding hydrogens is 255 g/mol. The zero-order valence-corrected chi connectivity index (χ0v) is 9.57. The largest absolute Gasteiger partial charge is 0.417 e. The summed E-state index contributed by atoms with van der Waals surface area (Å²) in [7, 11) is 0. The Morgan fingerprint density at radius 3 is 2.42 bits per heavy atom. The molecule has 19 heavy (non-hydrogen) atoms. The van der Waals surface area contributed by atoms with Gasteiger partial charge in [-0.2, -0.15) is 18.4 Å². The molecular formula is C13H8F3N3. The van der Waals surface area contributed by atoms with Crippen LogP contribution in [0.1, 0.15) is 11.3 Å². The van der Waals surface area contributed by atoms with Crippen molar-refractivity contribution in [2.24, 2.45) is 0 Å². The molecule has 6 heteroatoms. The van der Waals surface area contributed by atoms with Crippen molar-refractivity contribution >= 4 is 5.69 Å². The molecule has 0 amide bonds. The Kier molecular flexibility index (Phi) is 3.13. The van der Waals surface area contributed by atoms with Gasteiger partial charge in [0.1, 0.15) is 11.8 Å². The minimum absolute atomic E-state index is 0.0150. The highest BCUT2D eigenvalue weighted by Crippen LogP contribution is 2.37. The number of aromatic nitrogens is 1. The van der Waals surface area contributed by atoms with Crippen LogP contribution < -0.4 is 5.73 Å². The Hall–Kier alpha value is -2.55. The summed E-state index contributed by atoms with van der Waals surface area (Å²) in [5, 5.41) is 8.75. The number of halogens is 3. The summed E-state index contributed by atoms with van der Waals surface area (Å²) >= 11 is 0. The van der Waals surface area contributed by atoms with Gasteiger partial charge >= 0.3 is 6.18 Å². The van der Waals surface area contributed by atoms with E-state index in [0.29, 0.717) is 0 Å². The second-order valence-electron chi connectivity index (χ2n) is 3.79. The summed E-state index contributed by atoms with van der Waals surface area (Å²) in [4.78, 5) is 3.85. The van der Waals surface area contributed by atoms with Gasteiger partial charge in [0.2, 0.25) is 0 Å². The lowest BCUT2D eigenvalue weighted by molar-refractivity contribution is -0.137. The fraction of sp³-hybridized carbons (Fsp3) is 0.0769. The summed E-state index contributed by atoms with van der Waals surface area (Å²) in [6, 6.07) is 9.49. The number of hydrogen-bond acceptors (Lipinski definition) is 3. The second-order valence-corrected chi connectivity index (χ2v) is 3.79. The fourth-order valence-electron chi connectivity index (χ4n) is 1.68. The molecule has 0 radical (unpaired) electrons.